The number of ether oxygens (including phenoxy) is 1. The van der Waals surface area contributed by atoms with Crippen LogP contribution in [0.25, 0.3) is 0 Å². The van der Waals surface area contributed by atoms with E-state index in [2.05, 4.69) is 45.0 Å². The Hall–Kier alpha value is -2.19. The predicted octanol–water partition coefficient (Wildman–Crippen LogP) is 3.15. The van der Waals surface area contributed by atoms with Crippen molar-refractivity contribution in [3.63, 3.8) is 0 Å². The molecule has 3 atom stereocenters. The number of aliphatic hydroxyl groups is 2. The summed E-state index contributed by atoms with van der Waals surface area (Å²) in [7, 11) is -2.80. The number of nitrogens with zero attached hydrogens (tertiary/aromatic N) is 1. The molecule has 0 aromatic heterocycles. The molecule has 1 heterocycles. The molecule has 186 valence electrons. The van der Waals surface area contributed by atoms with Gasteiger partial charge in [0, 0.05) is 19.1 Å². The van der Waals surface area contributed by atoms with E-state index < -0.39 is 38.1 Å². The van der Waals surface area contributed by atoms with Gasteiger partial charge in [0.1, 0.15) is 5.60 Å². The molecule has 0 aliphatic carbocycles. The number of carbonyl (C=O) groups is 1. The highest BCUT2D eigenvalue weighted by atomic mass is 28.4. The van der Waals surface area contributed by atoms with Gasteiger partial charge in [-0.05, 0) is 36.2 Å². The summed E-state index contributed by atoms with van der Waals surface area (Å²) in [6, 6.07) is 20.6. The van der Waals surface area contributed by atoms with Gasteiger partial charge in [-0.25, -0.2) is 4.79 Å². The standard InChI is InChI=1S/C27H39NO5Si/c1-26(2,3)33-25(31)28-17-20(24(30)23(29)18-28)19-32-34(27(4,5)6,21-13-9-7-10-14-21)22-15-11-8-12-16-22/h7-16,20,23-24,29-30H,17-19H2,1-6H3/t20-,23+,24-/m1/s1. The predicted molar refractivity (Wildman–Crippen MR) is 137 cm³/mol. The van der Waals surface area contributed by atoms with Gasteiger partial charge in [-0.1, -0.05) is 81.4 Å². The van der Waals surface area contributed by atoms with Crippen LogP contribution in [0.1, 0.15) is 41.5 Å². The molecule has 34 heavy (non-hydrogen) atoms. The fourth-order valence-electron chi connectivity index (χ4n) is 4.73. The summed E-state index contributed by atoms with van der Waals surface area (Å²) in [4.78, 5) is 14.2. The van der Waals surface area contributed by atoms with Gasteiger partial charge in [0.25, 0.3) is 8.32 Å². The van der Waals surface area contributed by atoms with Gasteiger partial charge in [0.05, 0.1) is 18.8 Å². The fraction of sp³-hybridized carbons (Fsp3) is 0.519. The molecule has 2 aromatic rings. The second-order valence-corrected chi connectivity index (χ2v) is 15.5. The fourth-order valence-corrected chi connectivity index (χ4v) is 9.35. The van der Waals surface area contributed by atoms with Crippen LogP contribution in [-0.4, -0.2) is 67.0 Å². The Bertz CT molecular complexity index is 899. The lowest BCUT2D eigenvalue weighted by Crippen LogP contribution is -2.67. The number of rotatable bonds is 5. The lowest BCUT2D eigenvalue weighted by atomic mass is 9.93. The third kappa shape index (κ3) is 5.71. The van der Waals surface area contributed by atoms with Crippen molar-refractivity contribution in [3.05, 3.63) is 60.7 Å². The van der Waals surface area contributed by atoms with Crippen LogP contribution in [0, 0.1) is 5.92 Å². The van der Waals surface area contributed by atoms with Crippen molar-refractivity contribution >= 4 is 24.8 Å². The van der Waals surface area contributed by atoms with E-state index in [0.29, 0.717) is 0 Å². The number of benzene rings is 2. The molecule has 0 saturated carbocycles. The highest BCUT2D eigenvalue weighted by Crippen LogP contribution is 2.37. The minimum absolute atomic E-state index is 0.0335. The average molecular weight is 486 g/mol. The first kappa shape index (κ1) is 26.4. The average Bonchev–Trinajstić information content (AvgIpc) is 2.76. The second-order valence-electron chi connectivity index (χ2n) is 11.2. The monoisotopic (exact) mass is 485 g/mol. The summed E-state index contributed by atoms with van der Waals surface area (Å²) >= 11 is 0. The number of piperidine rings is 1. The third-order valence-corrected chi connectivity index (χ3v) is 11.3. The molecule has 6 nitrogen and oxygen atoms in total. The van der Waals surface area contributed by atoms with Crippen LogP contribution in [-0.2, 0) is 9.16 Å². The summed E-state index contributed by atoms with van der Waals surface area (Å²) in [5.74, 6) is -0.446. The lowest BCUT2D eigenvalue weighted by molar-refractivity contribution is -0.0856. The first-order valence-electron chi connectivity index (χ1n) is 11.9. The van der Waals surface area contributed by atoms with E-state index in [1.54, 1.807) is 0 Å². The Kier molecular flexibility index (Phi) is 7.92. The van der Waals surface area contributed by atoms with Gasteiger partial charge >= 0.3 is 6.09 Å². The van der Waals surface area contributed by atoms with Crippen molar-refractivity contribution in [2.45, 2.75) is 64.4 Å². The van der Waals surface area contributed by atoms with Gasteiger partial charge in [-0.3, -0.25) is 0 Å². The Morgan fingerprint density at radius 1 is 0.912 bits per heavy atom. The zero-order chi connectivity index (χ0) is 25.1. The molecule has 1 amide bonds. The molecule has 1 aliphatic rings. The quantitative estimate of drug-likeness (QED) is 0.636. The summed E-state index contributed by atoms with van der Waals surface area (Å²) in [5, 5.41) is 23.4. The molecule has 2 N–H and O–H groups in total. The number of aliphatic hydroxyl groups excluding tert-OH is 2. The number of likely N-dealkylation sites (tertiary alicyclic amines) is 1. The maximum atomic E-state index is 12.7. The van der Waals surface area contributed by atoms with E-state index >= 15 is 0 Å². The number of carbonyl (C=O) groups excluding carboxylic acids is 1. The molecular formula is C27H39NO5Si. The molecule has 0 bridgehead atoms. The van der Waals surface area contributed by atoms with Gasteiger partial charge in [0.2, 0.25) is 0 Å². The number of β-amino-alcohol motifs (C(OH)–C–C–N with tert-alkyl or cyclic N) is 1. The zero-order valence-electron chi connectivity index (χ0n) is 21.2. The van der Waals surface area contributed by atoms with Crippen LogP contribution < -0.4 is 10.4 Å². The van der Waals surface area contributed by atoms with E-state index in [1.807, 2.05) is 57.2 Å². The molecule has 0 radical (unpaired) electrons. The van der Waals surface area contributed by atoms with E-state index in [1.165, 1.54) is 4.90 Å². The maximum absolute atomic E-state index is 12.7. The minimum atomic E-state index is -2.80. The Labute approximate surface area is 204 Å². The van der Waals surface area contributed by atoms with Crippen molar-refractivity contribution in [2.24, 2.45) is 5.92 Å². The van der Waals surface area contributed by atoms with Crippen LogP contribution in [0.5, 0.6) is 0 Å². The van der Waals surface area contributed by atoms with Crippen LogP contribution >= 0.6 is 0 Å². The number of hydrogen-bond acceptors (Lipinski definition) is 5. The van der Waals surface area contributed by atoms with Crippen molar-refractivity contribution in [1.29, 1.82) is 0 Å². The summed E-state index contributed by atoms with van der Waals surface area (Å²) in [6.07, 6.45) is -2.54. The van der Waals surface area contributed by atoms with E-state index in [4.69, 9.17) is 9.16 Å². The van der Waals surface area contributed by atoms with Crippen molar-refractivity contribution in [3.8, 4) is 0 Å². The highest BCUT2D eigenvalue weighted by molar-refractivity contribution is 6.99. The van der Waals surface area contributed by atoms with Crippen LogP contribution in [0.15, 0.2) is 60.7 Å². The minimum Gasteiger partial charge on any atom is -0.444 e. The van der Waals surface area contributed by atoms with E-state index in [9.17, 15) is 15.0 Å². The Morgan fingerprint density at radius 2 is 1.41 bits per heavy atom. The molecular weight excluding hydrogens is 446 g/mol. The summed E-state index contributed by atoms with van der Waals surface area (Å²) in [6.45, 7) is 12.5. The van der Waals surface area contributed by atoms with Gasteiger partial charge < -0.3 is 24.3 Å². The first-order chi connectivity index (χ1) is 15.8. The van der Waals surface area contributed by atoms with Crippen LogP contribution in [0.4, 0.5) is 4.79 Å². The van der Waals surface area contributed by atoms with Crippen molar-refractivity contribution in [1.82, 2.24) is 4.90 Å². The molecule has 2 aromatic carbocycles. The maximum Gasteiger partial charge on any atom is 0.410 e. The van der Waals surface area contributed by atoms with E-state index in [0.717, 1.165) is 10.4 Å². The molecule has 3 rings (SSSR count). The Balaban J connectivity index is 1.93. The molecule has 1 fully saturated rings. The zero-order valence-corrected chi connectivity index (χ0v) is 22.2. The summed E-state index contributed by atoms with van der Waals surface area (Å²) in [5.41, 5.74) is -0.640. The third-order valence-electron chi connectivity index (χ3n) is 6.32. The molecule has 7 heteroatoms. The SMILES string of the molecule is CC(C)(C)OC(=O)N1C[C@H](CO[Si](c2ccccc2)(c2ccccc2)C(C)(C)C)[C@@H](O)[C@@H](O)C1. The second kappa shape index (κ2) is 10.2. The van der Waals surface area contributed by atoms with E-state index in [-0.39, 0.29) is 24.7 Å². The molecule has 0 unspecified atom stereocenters. The van der Waals surface area contributed by atoms with Crippen LogP contribution in [0.3, 0.4) is 0 Å². The topological polar surface area (TPSA) is 79.2 Å². The normalized spacial score (nSPS) is 21.9. The largest absolute Gasteiger partial charge is 0.444 e. The van der Waals surface area contributed by atoms with Gasteiger partial charge in [-0.15, -0.1) is 0 Å². The smallest absolute Gasteiger partial charge is 0.410 e. The first-order valence-corrected chi connectivity index (χ1v) is 13.8. The van der Waals surface area contributed by atoms with Crippen LogP contribution in [0.2, 0.25) is 5.04 Å². The van der Waals surface area contributed by atoms with Gasteiger partial charge in [0.15, 0.2) is 0 Å². The van der Waals surface area contributed by atoms with Gasteiger partial charge in [-0.2, -0.15) is 0 Å². The molecule has 0 spiro atoms. The van der Waals surface area contributed by atoms with Crippen molar-refractivity contribution in [2.75, 3.05) is 19.7 Å². The number of amides is 1. The Morgan fingerprint density at radius 3 is 1.85 bits per heavy atom. The number of hydrogen-bond donors (Lipinski definition) is 2. The van der Waals surface area contributed by atoms with Crippen molar-refractivity contribution < 1.29 is 24.2 Å². The summed E-state index contributed by atoms with van der Waals surface area (Å²) < 4.78 is 12.5. The lowest BCUT2D eigenvalue weighted by Gasteiger charge is -2.45. The molecule has 1 saturated heterocycles. The highest BCUT2D eigenvalue weighted by Gasteiger charge is 2.51. The molecule has 1 aliphatic heterocycles.